The molecule has 1 nitrogen and oxygen atoms in total. The predicted molar refractivity (Wildman–Crippen MR) is 93.9 cm³/mol. The van der Waals surface area contributed by atoms with Crippen LogP contribution in [0.4, 0.5) is 0 Å². The zero-order valence-corrected chi connectivity index (χ0v) is 12.5. The Balaban J connectivity index is 2.04. The number of nitrogens with one attached hydrogen (secondary N) is 1. The molecule has 0 unspecified atom stereocenters. The Morgan fingerprint density at radius 1 is 0.636 bits per heavy atom. The first-order chi connectivity index (χ1) is 10.8. The average molecular weight is 283 g/mol. The molecule has 0 radical (unpaired) electrons. The van der Waals surface area contributed by atoms with Crippen LogP contribution in [0.15, 0.2) is 78.9 Å². The van der Waals surface area contributed by atoms with Gasteiger partial charge >= 0.3 is 0 Å². The first-order valence-corrected chi connectivity index (χ1v) is 7.56. The van der Waals surface area contributed by atoms with Crippen LogP contribution in [0, 0.1) is 6.92 Å². The fourth-order valence-electron chi connectivity index (χ4n) is 2.98. The summed E-state index contributed by atoms with van der Waals surface area (Å²) in [6.45, 7) is 2.12. The zero-order valence-electron chi connectivity index (χ0n) is 12.5. The molecule has 0 amide bonds. The molecule has 0 bridgehead atoms. The molecule has 4 aromatic rings. The molecule has 1 aromatic heterocycles. The highest BCUT2D eigenvalue weighted by Gasteiger charge is 2.14. The first kappa shape index (κ1) is 12.9. The van der Waals surface area contributed by atoms with Crippen LogP contribution in [0.2, 0.25) is 0 Å². The number of hydrogen-bond acceptors (Lipinski definition) is 0. The third kappa shape index (κ3) is 2.11. The number of H-pyrrole nitrogens is 1. The van der Waals surface area contributed by atoms with Crippen LogP contribution in [0.3, 0.4) is 0 Å². The van der Waals surface area contributed by atoms with Crippen molar-refractivity contribution in [3.05, 3.63) is 84.4 Å². The van der Waals surface area contributed by atoms with E-state index in [-0.39, 0.29) is 0 Å². The molecule has 3 aromatic carbocycles. The lowest BCUT2D eigenvalue weighted by Gasteiger charge is -2.06. The van der Waals surface area contributed by atoms with Crippen LogP contribution in [0.5, 0.6) is 0 Å². The SMILES string of the molecule is Cc1ccc(-c2[nH]c3ccccc3c2-c2ccccc2)cc1. The van der Waals surface area contributed by atoms with Gasteiger partial charge in [0.15, 0.2) is 0 Å². The van der Waals surface area contributed by atoms with Crippen LogP contribution >= 0.6 is 0 Å². The second kappa shape index (κ2) is 5.19. The maximum absolute atomic E-state index is 3.60. The topological polar surface area (TPSA) is 15.8 Å². The van der Waals surface area contributed by atoms with E-state index in [1.807, 2.05) is 0 Å². The van der Waals surface area contributed by atoms with Gasteiger partial charge in [-0.2, -0.15) is 0 Å². The van der Waals surface area contributed by atoms with Crippen molar-refractivity contribution in [1.29, 1.82) is 0 Å². The van der Waals surface area contributed by atoms with Gasteiger partial charge in [0.1, 0.15) is 0 Å². The minimum atomic E-state index is 1.18. The summed E-state index contributed by atoms with van der Waals surface area (Å²) >= 11 is 0. The van der Waals surface area contributed by atoms with Crippen molar-refractivity contribution in [1.82, 2.24) is 4.98 Å². The molecule has 0 atom stereocenters. The monoisotopic (exact) mass is 283 g/mol. The number of para-hydroxylation sites is 1. The summed E-state index contributed by atoms with van der Waals surface area (Å²) in [5.41, 5.74) is 7.39. The van der Waals surface area contributed by atoms with E-state index in [1.165, 1.54) is 38.9 Å². The fraction of sp³-hybridized carbons (Fsp3) is 0.0476. The third-order valence-corrected chi connectivity index (χ3v) is 4.11. The first-order valence-electron chi connectivity index (χ1n) is 7.56. The summed E-state index contributed by atoms with van der Waals surface area (Å²) in [6, 6.07) is 27.8. The van der Waals surface area contributed by atoms with Crippen molar-refractivity contribution in [2.75, 3.05) is 0 Å². The molecule has 0 aliphatic rings. The van der Waals surface area contributed by atoms with Crippen molar-refractivity contribution in [3.63, 3.8) is 0 Å². The molecule has 1 heteroatoms. The molecular formula is C21H17N. The Bertz CT molecular complexity index is 915. The fourth-order valence-corrected chi connectivity index (χ4v) is 2.98. The molecule has 0 aliphatic carbocycles. The van der Waals surface area contributed by atoms with Gasteiger partial charge in [0.25, 0.3) is 0 Å². The molecule has 0 saturated carbocycles. The van der Waals surface area contributed by atoms with Gasteiger partial charge < -0.3 is 4.98 Å². The van der Waals surface area contributed by atoms with Crippen LogP contribution in [-0.2, 0) is 0 Å². The molecule has 1 heterocycles. The number of benzene rings is 3. The second-order valence-electron chi connectivity index (χ2n) is 5.65. The van der Waals surface area contributed by atoms with Gasteiger partial charge in [-0.25, -0.2) is 0 Å². The molecular weight excluding hydrogens is 266 g/mol. The largest absolute Gasteiger partial charge is 0.354 e. The predicted octanol–water partition coefficient (Wildman–Crippen LogP) is 5.81. The number of fused-ring (bicyclic) bond motifs is 1. The Hall–Kier alpha value is -2.80. The van der Waals surface area contributed by atoms with Gasteiger partial charge in [0.05, 0.1) is 5.69 Å². The molecule has 4 rings (SSSR count). The molecule has 0 spiro atoms. The Labute approximate surface area is 130 Å². The van der Waals surface area contributed by atoms with E-state index >= 15 is 0 Å². The van der Waals surface area contributed by atoms with Crippen molar-refractivity contribution in [2.45, 2.75) is 6.92 Å². The summed E-state index contributed by atoms with van der Waals surface area (Å²) in [6.07, 6.45) is 0. The summed E-state index contributed by atoms with van der Waals surface area (Å²) in [4.78, 5) is 3.60. The highest BCUT2D eigenvalue weighted by atomic mass is 14.7. The summed E-state index contributed by atoms with van der Waals surface area (Å²) in [5, 5.41) is 1.27. The number of aryl methyl sites for hydroxylation is 1. The highest BCUT2D eigenvalue weighted by molar-refractivity contribution is 6.03. The minimum absolute atomic E-state index is 1.18. The van der Waals surface area contributed by atoms with Crippen LogP contribution in [0.25, 0.3) is 33.3 Å². The van der Waals surface area contributed by atoms with Crippen molar-refractivity contribution in [2.24, 2.45) is 0 Å². The number of hydrogen-bond donors (Lipinski definition) is 1. The van der Waals surface area contributed by atoms with E-state index in [2.05, 4.69) is 90.8 Å². The van der Waals surface area contributed by atoms with E-state index in [4.69, 9.17) is 0 Å². The molecule has 0 saturated heterocycles. The van der Waals surface area contributed by atoms with E-state index in [0.29, 0.717) is 0 Å². The summed E-state index contributed by atoms with van der Waals surface area (Å²) in [5.74, 6) is 0. The van der Waals surface area contributed by atoms with Gasteiger partial charge in [-0.05, 0) is 24.1 Å². The lowest BCUT2D eigenvalue weighted by molar-refractivity contribution is 1.42. The maximum Gasteiger partial charge on any atom is 0.0544 e. The Kier molecular flexibility index (Phi) is 3.05. The van der Waals surface area contributed by atoms with E-state index < -0.39 is 0 Å². The summed E-state index contributed by atoms with van der Waals surface area (Å²) < 4.78 is 0. The normalized spacial score (nSPS) is 11.0. The minimum Gasteiger partial charge on any atom is -0.354 e. The van der Waals surface area contributed by atoms with Crippen molar-refractivity contribution < 1.29 is 0 Å². The lowest BCUT2D eigenvalue weighted by atomic mass is 9.98. The van der Waals surface area contributed by atoms with Gasteiger partial charge in [-0.3, -0.25) is 0 Å². The quantitative estimate of drug-likeness (QED) is 0.478. The van der Waals surface area contributed by atoms with Crippen molar-refractivity contribution >= 4 is 10.9 Å². The Morgan fingerprint density at radius 2 is 1.32 bits per heavy atom. The van der Waals surface area contributed by atoms with E-state index in [9.17, 15) is 0 Å². The van der Waals surface area contributed by atoms with Gasteiger partial charge in [0.2, 0.25) is 0 Å². The molecule has 106 valence electrons. The standard InChI is InChI=1S/C21H17N/c1-15-11-13-17(14-12-15)21-20(16-7-3-2-4-8-16)18-9-5-6-10-19(18)22-21/h2-14,22H,1H3. The smallest absolute Gasteiger partial charge is 0.0544 e. The Morgan fingerprint density at radius 3 is 2.09 bits per heavy atom. The zero-order chi connectivity index (χ0) is 14.9. The van der Waals surface area contributed by atoms with E-state index in [0.717, 1.165) is 0 Å². The number of rotatable bonds is 2. The van der Waals surface area contributed by atoms with Crippen molar-refractivity contribution in [3.8, 4) is 22.4 Å². The number of aromatic amines is 1. The lowest BCUT2D eigenvalue weighted by Crippen LogP contribution is -1.83. The van der Waals surface area contributed by atoms with Gasteiger partial charge in [0, 0.05) is 16.5 Å². The van der Waals surface area contributed by atoms with Gasteiger partial charge in [-0.1, -0.05) is 78.4 Å². The second-order valence-corrected chi connectivity index (χ2v) is 5.65. The maximum atomic E-state index is 3.60. The molecule has 1 N–H and O–H groups in total. The van der Waals surface area contributed by atoms with Gasteiger partial charge in [-0.15, -0.1) is 0 Å². The molecule has 0 aliphatic heterocycles. The van der Waals surface area contributed by atoms with E-state index in [1.54, 1.807) is 0 Å². The third-order valence-electron chi connectivity index (χ3n) is 4.11. The number of aromatic nitrogens is 1. The summed E-state index contributed by atoms with van der Waals surface area (Å²) in [7, 11) is 0. The van der Waals surface area contributed by atoms with Crippen LogP contribution in [0.1, 0.15) is 5.56 Å². The molecule has 0 fully saturated rings. The molecule has 22 heavy (non-hydrogen) atoms. The average Bonchev–Trinajstić information content (AvgIpc) is 2.96. The highest BCUT2D eigenvalue weighted by Crippen LogP contribution is 2.38. The van der Waals surface area contributed by atoms with Crippen LogP contribution < -0.4 is 0 Å². The van der Waals surface area contributed by atoms with Crippen LogP contribution in [-0.4, -0.2) is 4.98 Å².